The van der Waals surface area contributed by atoms with Crippen LogP contribution in [0.2, 0.25) is 0 Å². The Morgan fingerprint density at radius 3 is 2.79 bits per heavy atom. The van der Waals surface area contributed by atoms with Crippen LogP contribution in [0.5, 0.6) is 5.75 Å². The summed E-state index contributed by atoms with van der Waals surface area (Å²) in [6.45, 7) is 2.09. The highest BCUT2D eigenvalue weighted by Crippen LogP contribution is 2.25. The topological polar surface area (TPSA) is 58.7 Å². The summed E-state index contributed by atoms with van der Waals surface area (Å²) in [6, 6.07) is 6.10. The summed E-state index contributed by atoms with van der Waals surface area (Å²) in [6.07, 6.45) is 1.25. The molecule has 0 heterocycles. The molecule has 3 N–H and O–H groups in total. The fourth-order valence-electron chi connectivity index (χ4n) is 1.92. The van der Waals surface area contributed by atoms with Crippen LogP contribution in [-0.2, 0) is 6.42 Å². The van der Waals surface area contributed by atoms with Gasteiger partial charge >= 0.3 is 0 Å². The highest BCUT2D eigenvalue weighted by molar-refractivity contribution is 9.10. The van der Waals surface area contributed by atoms with Crippen molar-refractivity contribution in [2.45, 2.75) is 18.9 Å². The van der Waals surface area contributed by atoms with E-state index in [-0.39, 0.29) is 6.10 Å². The molecule has 0 saturated carbocycles. The summed E-state index contributed by atoms with van der Waals surface area (Å²) in [4.78, 5) is 2.12. The second kappa shape index (κ2) is 8.53. The predicted octanol–water partition coefficient (Wildman–Crippen LogP) is 1.64. The highest BCUT2D eigenvalue weighted by atomic mass is 79.9. The Morgan fingerprint density at radius 1 is 1.47 bits per heavy atom. The number of benzene rings is 1. The molecular weight excluding hydrogens is 308 g/mol. The van der Waals surface area contributed by atoms with E-state index in [0.717, 1.165) is 23.2 Å². The number of halogens is 1. The Bertz CT molecular complexity index is 388. The van der Waals surface area contributed by atoms with Crippen LogP contribution >= 0.6 is 15.9 Å². The first-order valence-electron chi connectivity index (χ1n) is 6.46. The zero-order chi connectivity index (χ0) is 14.3. The summed E-state index contributed by atoms with van der Waals surface area (Å²) < 4.78 is 6.17. The van der Waals surface area contributed by atoms with Crippen molar-refractivity contribution in [1.29, 1.82) is 0 Å². The van der Waals surface area contributed by atoms with Crippen molar-refractivity contribution in [3.05, 3.63) is 28.2 Å². The van der Waals surface area contributed by atoms with Crippen molar-refractivity contribution < 1.29 is 9.84 Å². The third-order valence-electron chi connectivity index (χ3n) is 3.02. The molecule has 0 saturated heterocycles. The van der Waals surface area contributed by atoms with Gasteiger partial charge in [-0.05, 0) is 60.1 Å². The lowest BCUT2D eigenvalue weighted by Gasteiger charge is -2.20. The number of ether oxygens (including phenoxy) is 1. The molecule has 0 aromatic heterocycles. The average Bonchev–Trinajstić information content (AvgIpc) is 2.36. The van der Waals surface area contributed by atoms with Gasteiger partial charge < -0.3 is 20.5 Å². The third kappa shape index (κ3) is 5.91. The van der Waals surface area contributed by atoms with Crippen molar-refractivity contribution >= 4 is 15.9 Å². The standard InChI is InChI=1S/C14H23BrN2O2/c1-17(10-12(18)5-7-16)8-6-11-3-4-14(19-2)13(15)9-11/h3-4,9,12,18H,5-8,10,16H2,1-2H3. The number of aliphatic hydroxyl groups excluding tert-OH is 1. The zero-order valence-corrected chi connectivity index (χ0v) is 13.2. The molecule has 108 valence electrons. The first-order chi connectivity index (χ1) is 9.06. The van der Waals surface area contributed by atoms with Gasteiger partial charge in [0.2, 0.25) is 0 Å². The molecule has 0 aliphatic rings. The van der Waals surface area contributed by atoms with Crippen LogP contribution < -0.4 is 10.5 Å². The number of methoxy groups -OCH3 is 1. The third-order valence-corrected chi connectivity index (χ3v) is 3.64. The molecule has 5 heteroatoms. The SMILES string of the molecule is COc1ccc(CCN(C)CC(O)CCN)cc1Br. The maximum Gasteiger partial charge on any atom is 0.133 e. The van der Waals surface area contributed by atoms with Gasteiger partial charge in [0.1, 0.15) is 5.75 Å². The smallest absolute Gasteiger partial charge is 0.133 e. The summed E-state index contributed by atoms with van der Waals surface area (Å²) in [5.41, 5.74) is 6.66. The number of hydrogen-bond donors (Lipinski definition) is 2. The first kappa shape index (κ1) is 16.4. The number of hydrogen-bond acceptors (Lipinski definition) is 4. The lowest BCUT2D eigenvalue weighted by Crippen LogP contribution is -2.32. The van der Waals surface area contributed by atoms with Crippen LogP contribution in [-0.4, -0.2) is 49.9 Å². The minimum Gasteiger partial charge on any atom is -0.496 e. The first-order valence-corrected chi connectivity index (χ1v) is 7.25. The molecule has 1 aromatic rings. The molecule has 0 fully saturated rings. The second-order valence-electron chi connectivity index (χ2n) is 4.71. The minimum absolute atomic E-state index is 0.336. The van der Waals surface area contributed by atoms with Gasteiger partial charge in [0.05, 0.1) is 17.7 Å². The molecule has 1 rings (SSSR count). The average molecular weight is 331 g/mol. The van der Waals surface area contributed by atoms with Crippen LogP contribution in [0.1, 0.15) is 12.0 Å². The number of rotatable bonds is 8. The van der Waals surface area contributed by atoms with Gasteiger partial charge in [-0.2, -0.15) is 0 Å². The van der Waals surface area contributed by atoms with E-state index in [4.69, 9.17) is 10.5 Å². The number of nitrogens with two attached hydrogens (primary N) is 1. The van der Waals surface area contributed by atoms with E-state index in [1.807, 2.05) is 13.1 Å². The fourth-order valence-corrected chi connectivity index (χ4v) is 2.51. The Hall–Kier alpha value is -0.620. The molecule has 4 nitrogen and oxygen atoms in total. The fraction of sp³-hybridized carbons (Fsp3) is 0.571. The number of likely N-dealkylation sites (N-methyl/N-ethyl adjacent to an activating group) is 1. The Morgan fingerprint density at radius 2 is 2.21 bits per heavy atom. The molecule has 0 bridgehead atoms. The Balaban J connectivity index is 2.41. The van der Waals surface area contributed by atoms with Crippen molar-refractivity contribution in [3.8, 4) is 5.75 Å². The van der Waals surface area contributed by atoms with Crippen LogP contribution in [0, 0.1) is 0 Å². The zero-order valence-electron chi connectivity index (χ0n) is 11.6. The lowest BCUT2D eigenvalue weighted by molar-refractivity contribution is 0.120. The predicted molar refractivity (Wildman–Crippen MR) is 81.6 cm³/mol. The molecule has 0 aliphatic carbocycles. The van der Waals surface area contributed by atoms with E-state index in [1.54, 1.807) is 7.11 Å². The van der Waals surface area contributed by atoms with Crippen LogP contribution in [0.4, 0.5) is 0 Å². The van der Waals surface area contributed by atoms with Crippen LogP contribution in [0.15, 0.2) is 22.7 Å². The second-order valence-corrected chi connectivity index (χ2v) is 5.57. The van der Waals surface area contributed by atoms with Gasteiger partial charge in [0, 0.05) is 13.1 Å². The van der Waals surface area contributed by atoms with Crippen LogP contribution in [0.25, 0.3) is 0 Å². The van der Waals surface area contributed by atoms with Gasteiger partial charge in [0.15, 0.2) is 0 Å². The maximum absolute atomic E-state index is 9.68. The maximum atomic E-state index is 9.68. The quantitative estimate of drug-likeness (QED) is 0.760. The minimum atomic E-state index is -0.336. The van der Waals surface area contributed by atoms with E-state index in [0.29, 0.717) is 19.5 Å². The van der Waals surface area contributed by atoms with E-state index in [1.165, 1.54) is 5.56 Å². The molecule has 0 spiro atoms. The van der Waals surface area contributed by atoms with Gasteiger partial charge in [-0.25, -0.2) is 0 Å². The summed E-state index contributed by atoms with van der Waals surface area (Å²) in [5, 5.41) is 9.68. The van der Waals surface area contributed by atoms with E-state index in [9.17, 15) is 5.11 Å². The molecule has 0 amide bonds. The summed E-state index contributed by atoms with van der Waals surface area (Å²) in [7, 11) is 3.67. The molecule has 19 heavy (non-hydrogen) atoms. The molecule has 0 radical (unpaired) electrons. The summed E-state index contributed by atoms with van der Waals surface area (Å²) in [5.74, 6) is 0.843. The van der Waals surface area contributed by atoms with Crippen molar-refractivity contribution in [1.82, 2.24) is 4.90 Å². The van der Waals surface area contributed by atoms with Crippen molar-refractivity contribution in [2.24, 2.45) is 5.73 Å². The molecule has 0 aliphatic heterocycles. The monoisotopic (exact) mass is 330 g/mol. The molecular formula is C14H23BrN2O2. The van der Waals surface area contributed by atoms with Crippen molar-refractivity contribution in [2.75, 3.05) is 33.8 Å². The molecule has 1 atom stereocenters. The van der Waals surface area contributed by atoms with Gasteiger partial charge in [0.25, 0.3) is 0 Å². The van der Waals surface area contributed by atoms with Crippen molar-refractivity contribution in [3.63, 3.8) is 0 Å². The highest BCUT2D eigenvalue weighted by Gasteiger charge is 2.08. The molecule has 1 aromatic carbocycles. The number of nitrogens with zero attached hydrogens (tertiary/aromatic N) is 1. The lowest BCUT2D eigenvalue weighted by atomic mass is 10.1. The normalized spacial score (nSPS) is 12.7. The van der Waals surface area contributed by atoms with Gasteiger partial charge in [-0.15, -0.1) is 0 Å². The van der Waals surface area contributed by atoms with E-state index < -0.39 is 0 Å². The van der Waals surface area contributed by atoms with Gasteiger partial charge in [-0.3, -0.25) is 0 Å². The molecule has 1 unspecified atom stereocenters. The van der Waals surface area contributed by atoms with Crippen LogP contribution in [0.3, 0.4) is 0 Å². The van der Waals surface area contributed by atoms with Gasteiger partial charge in [-0.1, -0.05) is 6.07 Å². The Labute approximate surface area is 123 Å². The number of aliphatic hydroxyl groups is 1. The van der Waals surface area contributed by atoms with E-state index in [2.05, 4.69) is 33.0 Å². The summed E-state index contributed by atoms with van der Waals surface area (Å²) >= 11 is 3.48. The largest absolute Gasteiger partial charge is 0.496 e. The Kier molecular flexibility index (Phi) is 7.38. The van der Waals surface area contributed by atoms with E-state index >= 15 is 0 Å².